The van der Waals surface area contributed by atoms with E-state index >= 15 is 0 Å². The summed E-state index contributed by atoms with van der Waals surface area (Å²) in [6.07, 6.45) is -1.71. The van der Waals surface area contributed by atoms with Gasteiger partial charge in [-0.3, -0.25) is 4.98 Å². The number of hydrogen-bond acceptors (Lipinski definition) is 3. The van der Waals surface area contributed by atoms with Crippen molar-refractivity contribution in [2.24, 2.45) is 0 Å². The van der Waals surface area contributed by atoms with Crippen molar-refractivity contribution in [3.05, 3.63) is 48.0 Å². The van der Waals surface area contributed by atoms with Crippen molar-refractivity contribution in [2.45, 2.75) is 6.18 Å². The zero-order chi connectivity index (χ0) is 14.8. The standard InChI is InChI=1S/C13H11F4N3/c1-18-9-4-10(7-19-6-9)20-8-2-3-12(14)11(5-8)13(15,16)17/h2-7,18,20H,1H3. The van der Waals surface area contributed by atoms with Gasteiger partial charge in [0.05, 0.1) is 29.3 Å². The van der Waals surface area contributed by atoms with Crippen molar-refractivity contribution in [3.63, 3.8) is 0 Å². The largest absolute Gasteiger partial charge is 0.419 e. The number of pyridine rings is 1. The number of halogens is 4. The minimum absolute atomic E-state index is 0.133. The minimum Gasteiger partial charge on any atom is -0.387 e. The average Bonchev–Trinajstić information content (AvgIpc) is 2.40. The van der Waals surface area contributed by atoms with Crippen molar-refractivity contribution in [3.8, 4) is 0 Å². The summed E-state index contributed by atoms with van der Waals surface area (Å²) in [5.41, 5.74) is 0.0266. The Morgan fingerprint density at radius 2 is 1.70 bits per heavy atom. The Kier molecular flexibility index (Phi) is 3.78. The number of nitrogens with one attached hydrogen (secondary N) is 2. The first kappa shape index (κ1) is 14.1. The number of aromatic nitrogens is 1. The normalized spacial score (nSPS) is 11.2. The van der Waals surface area contributed by atoms with Crippen LogP contribution in [0.2, 0.25) is 0 Å². The zero-order valence-corrected chi connectivity index (χ0v) is 10.4. The molecule has 0 radical (unpaired) electrons. The van der Waals surface area contributed by atoms with Crippen molar-refractivity contribution in [1.82, 2.24) is 4.98 Å². The molecule has 1 aromatic carbocycles. The molecule has 0 bridgehead atoms. The summed E-state index contributed by atoms with van der Waals surface area (Å²) in [6.45, 7) is 0. The van der Waals surface area contributed by atoms with Crippen LogP contribution in [0.3, 0.4) is 0 Å². The fourth-order valence-corrected chi connectivity index (χ4v) is 1.63. The highest BCUT2D eigenvalue weighted by Gasteiger charge is 2.34. The molecule has 0 aliphatic rings. The van der Waals surface area contributed by atoms with Gasteiger partial charge in [-0.25, -0.2) is 4.39 Å². The number of alkyl halides is 3. The third-order valence-corrected chi connectivity index (χ3v) is 2.59. The molecule has 0 saturated heterocycles. The SMILES string of the molecule is CNc1cncc(Nc2ccc(F)c(C(F)(F)F)c2)c1. The van der Waals surface area contributed by atoms with E-state index in [2.05, 4.69) is 15.6 Å². The average molecular weight is 285 g/mol. The zero-order valence-electron chi connectivity index (χ0n) is 10.4. The van der Waals surface area contributed by atoms with Gasteiger partial charge in [0, 0.05) is 12.7 Å². The molecule has 0 aliphatic carbocycles. The second-order valence-electron chi connectivity index (χ2n) is 4.03. The lowest BCUT2D eigenvalue weighted by Gasteiger charge is -2.12. The molecular formula is C13H11F4N3. The van der Waals surface area contributed by atoms with E-state index < -0.39 is 17.6 Å². The predicted molar refractivity (Wildman–Crippen MR) is 68.5 cm³/mol. The lowest BCUT2D eigenvalue weighted by Crippen LogP contribution is -2.08. The molecule has 2 N–H and O–H groups in total. The Balaban J connectivity index is 2.30. The van der Waals surface area contributed by atoms with Gasteiger partial charge in [-0.2, -0.15) is 13.2 Å². The number of benzene rings is 1. The second kappa shape index (κ2) is 5.36. The third kappa shape index (κ3) is 3.17. The molecule has 20 heavy (non-hydrogen) atoms. The molecule has 0 spiro atoms. The maximum absolute atomic E-state index is 13.2. The molecule has 106 valence electrons. The van der Waals surface area contributed by atoms with Crippen LogP contribution in [-0.4, -0.2) is 12.0 Å². The molecule has 1 aromatic heterocycles. The van der Waals surface area contributed by atoms with Crippen LogP contribution >= 0.6 is 0 Å². The van der Waals surface area contributed by atoms with E-state index in [1.165, 1.54) is 12.3 Å². The van der Waals surface area contributed by atoms with Crippen LogP contribution in [0.15, 0.2) is 36.7 Å². The highest BCUT2D eigenvalue weighted by Crippen LogP contribution is 2.33. The van der Waals surface area contributed by atoms with Crippen molar-refractivity contribution < 1.29 is 17.6 Å². The van der Waals surface area contributed by atoms with Crippen LogP contribution in [0.4, 0.5) is 34.6 Å². The van der Waals surface area contributed by atoms with Gasteiger partial charge in [-0.05, 0) is 24.3 Å². The topological polar surface area (TPSA) is 37.0 Å². The molecule has 0 unspecified atom stereocenters. The fraction of sp³-hybridized carbons (Fsp3) is 0.154. The maximum atomic E-state index is 13.2. The molecule has 0 amide bonds. The van der Waals surface area contributed by atoms with Crippen molar-refractivity contribution >= 4 is 17.1 Å². The molecular weight excluding hydrogens is 274 g/mol. The molecule has 0 aliphatic heterocycles. The fourth-order valence-electron chi connectivity index (χ4n) is 1.63. The smallest absolute Gasteiger partial charge is 0.387 e. The summed E-state index contributed by atoms with van der Waals surface area (Å²) in [5.74, 6) is -1.30. The number of rotatable bonds is 3. The monoisotopic (exact) mass is 285 g/mol. The molecule has 2 aromatic rings. The quantitative estimate of drug-likeness (QED) is 0.836. The second-order valence-corrected chi connectivity index (χ2v) is 4.03. The van der Waals surface area contributed by atoms with E-state index in [4.69, 9.17) is 0 Å². The van der Waals surface area contributed by atoms with Gasteiger partial charge in [0.15, 0.2) is 0 Å². The summed E-state index contributed by atoms with van der Waals surface area (Å²) < 4.78 is 50.9. The Hall–Kier alpha value is -2.31. The van der Waals surface area contributed by atoms with Crippen LogP contribution in [0.5, 0.6) is 0 Å². The van der Waals surface area contributed by atoms with Gasteiger partial charge in [0.25, 0.3) is 0 Å². The van der Waals surface area contributed by atoms with E-state index in [1.807, 2.05) is 0 Å². The molecule has 1 heterocycles. The number of hydrogen-bond donors (Lipinski definition) is 2. The first-order valence-corrected chi connectivity index (χ1v) is 5.67. The molecule has 0 saturated carbocycles. The maximum Gasteiger partial charge on any atom is 0.419 e. The van der Waals surface area contributed by atoms with Gasteiger partial charge in [-0.15, -0.1) is 0 Å². The van der Waals surface area contributed by atoms with Crippen LogP contribution in [0, 0.1) is 5.82 Å². The number of nitrogens with zero attached hydrogens (tertiary/aromatic N) is 1. The Morgan fingerprint density at radius 1 is 1.00 bits per heavy atom. The van der Waals surface area contributed by atoms with E-state index in [1.54, 1.807) is 19.3 Å². The van der Waals surface area contributed by atoms with Gasteiger partial charge in [0.1, 0.15) is 5.82 Å². The highest BCUT2D eigenvalue weighted by molar-refractivity contribution is 5.63. The third-order valence-electron chi connectivity index (χ3n) is 2.59. The molecule has 2 rings (SSSR count). The van der Waals surface area contributed by atoms with Crippen LogP contribution < -0.4 is 10.6 Å². The van der Waals surface area contributed by atoms with E-state index in [0.29, 0.717) is 11.4 Å². The first-order chi connectivity index (χ1) is 9.40. The highest BCUT2D eigenvalue weighted by atomic mass is 19.4. The molecule has 0 atom stereocenters. The van der Waals surface area contributed by atoms with Crippen LogP contribution in [0.1, 0.15) is 5.56 Å². The lowest BCUT2D eigenvalue weighted by atomic mass is 10.1. The molecule has 7 heteroatoms. The first-order valence-electron chi connectivity index (χ1n) is 5.67. The van der Waals surface area contributed by atoms with E-state index in [0.717, 1.165) is 12.1 Å². The Morgan fingerprint density at radius 3 is 2.35 bits per heavy atom. The summed E-state index contributed by atoms with van der Waals surface area (Å²) in [5, 5.41) is 5.60. The summed E-state index contributed by atoms with van der Waals surface area (Å²) in [4.78, 5) is 3.92. The molecule has 0 fully saturated rings. The summed E-state index contributed by atoms with van der Waals surface area (Å²) >= 11 is 0. The van der Waals surface area contributed by atoms with Crippen LogP contribution in [0.25, 0.3) is 0 Å². The summed E-state index contributed by atoms with van der Waals surface area (Å²) in [6, 6.07) is 4.40. The summed E-state index contributed by atoms with van der Waals surface area (Å²) in [7, 11) is 1.69. The van der Waals surface area contributed by atoms with Crippen molar-refractivity contribution in [2.75, 3.05) is 17.7 Å². The van der Waals surface area contributed by atoms with Crippen LogP contribution in [-0.2, 0) is 6.18 Å². The van der Waals surface area contributed by atoms with Gasteiger partial charge in [0.2, 0.25) is 0 Å². The Labute approximate surface area is 112 Å². The van der Waals surface area contributed by atoms with Gasteiger partial charge in [-0.1, -0.05) is 0 Å². The van der Waals surface area contributed by atoms with Gasteiger partial charge < -0.3 is 10.6 Å². The van der Waals surface area contributed by atoms with E-state index in [9.17, 15) is 17.6 Å². The predicted octanol–water partition coefficient (Wildman–Crippen LogP) is 4.02. The number of anilines is 3. The molecule has 3 nitrogen and oxygen atoms in total. The van der Waals surface area contributed by atoms with Crippen molar-refractivity contribution in [1.29, 1.82) is 0 Å². The van der Waals surface area contributed by atoms with Gasteiger partial charge >= 0.3 is 6.18 Å². The lowest BCUT2D eigenvalue weighted by molar-refractivity contribution is -0.139. The van der Waals surface area contributed by atoms with E-state index in [-0.39, 0.29) is 5.69 Å². The minimum atomic E-state index is -4.73. The Bertz CT molecular complexity index is 611.